The van der Waals surface area contributed by atoms with Crippen molar-refractivity contribution >= 4 is 11.9 Å². The molecule has 1 amide bonds. The Morgan fingerprint density at radius 2 is 2.28 bits per heavy atom. The van der Waals surface area contributed by atoms with Crippen LogP contribution in [0.3, 0.4) is 0 Å². The molecule has 0 N–H and O–H groups in total. The number of likely N-dealkylation sites (tertiary alicyclic amines) is 1. The second-order valence-corrected chi connectivity index (χ2v) is 4.37. The van der Waals surface area contributed by atoms with Crippen LogP contribution in [-0.4, -0.2) is 41.6 Å². The van der Waals surface area contributed by atoms with Crippen molar-refractivity contribution in [2.75, 3.05) is 13.7 Å². The molecule has 0 bridgehead atoms. The third-order valence-corrected chi connectivity index (χ3v) is 3.08. The van der Waals surface area contributed by atoms with Gasteiger partial charge in [-0.15, -0.1) is 0 Å². The topological polar surface area (TPSA) is 72.6 Å². The standard InChI is InChI=1S/C12H16N2O4/c1-8-7-10(18-13-8)11(15)14-6-4-3-5-9(14)12(16)17-2/h7,9H,3-6H2,1-2H3. The van der Waals surface area contributed by atoms with Gasteiger partial charge < -0.3 is 14.2 Å². The SMILES string of the molecule is COC(=O)C1CCCCN1C(=O)c1cc(C)no1. The summed E-state index contributed by atoms with van der Waals surface area (Å²) in [5, 5.41) is 3.68. The second-order valence-electron chi connectivity index (χ2n) is 4.37. The Balaban J connectivity index is 2.18. The van der Waals surface area contributed by atoms with Crippen molar-refractivity contribution in [3.8, 4) is 0 Å². The molecule has 0 radical (unpaired) electrons. The van der Waals surface area contributed by atoms with Crippen molar-refractivity contribution in [2.24, 2.45) is 0 Å². The number of carbonyl (C=O) groups is 2. The first-order valence-corrected chi connectivity index (χ1v) is 5.95. The second kappa shape index (κ2) is 5.20. The van der Waals surface area contributed by atoms with Crippen molar-refractivity contribution in [1.29, 1.82) is 0 Å². The average Bonchev–Trinajstić information content (AvgIpc) is 2.83. The van der Waals surface area contributed by atoms with Crippen molar-refractivity contribution in [1.82, 2.24) is 10.1 Å². The molecule has 0 spiro atoms. The number of ether oxygens (including phenoxy) is 1. The van der Waals surface area contributed by atoms with Crippen molar-refractivity contribution in [2.45, 2.75) is 32.2 Å². The lowest BCUT2D eigenvalue weighted by Gasteiger charge is -2.32. The molecule has 1 atom stereocenters. The molecule has 0 aliphatic carbocycles. The third-order valence-electron chi connectivity index (χ3n) is 3.08. The number of aryl methyl sites for hydroxylation is 1. The summed E-state index contributed by atoms with van der Waals surface area (Å²) in [5.74, 6) is -0.506. The molecular weight excluding hydrogens is 236 g/mol. The van der Waals surface area contributed by atoms with E-state index in [0.29, 0.717) is 18.7 Å². The van der Waals surface area contributed by atoms with E-state index in [-0.39, 0.29) is 17.6 Å². The Morgan fingerprint density at radius 3 is 2.89 bits per heavy atom. The summed E-state index contributed by atoms with van der Waals surface area (Å²) in [6.45, 7) is 2.28. The quantitative estimate of drug-likeness (QED) is 0.738. The number of hydrogen-bond acceptors (Lipinski definition) is 5. The average molecular weight is 252 g/mol. The van der Waals surface area contributed by atoms with E-state index in [4.69, 9.17) is 9.26 Å². The van der Waals surface area contributed by atoms with Gasteiger partial charge in [0.15, 0.2) is 0 Å². The Kier molecular flexibility index (Phi) is 3.64. The monoisotopic (exact) mass is 252 g/mol. The first-order valence-electron chi connectivity index (χ1n) is 5.95. The number of rotatable bonds is 2. The zero-order chi connectivity index (χ0) is 13.1. The molecule has 1 aliphatic rings. The number of esters is 1. The Morgan fingerprint density at radius 1 is 1.50 bits per heavy atom. The molecule has 18 heavy (non-hydrogen) atoms. The number of piperidine rings is 1. The summed E-state index contributed by atoms with van der Waals surface area (Å²) in [5.41, 5.74) is 0.643. The van der Waals surface area contributed by atoms with Gasteiger partial charge in [0.2, 0.25) is 5.76 Å². The first-order chi connectivity index (χ1) is 8.63. The van der Waals surface area contributed by atoms with Crippen LogP contribution < -0.4 is 0 Å². The zero-order valence-electron chi connectivity index (χ0n) is 10.5. The molecule has 6 heteroatoms. The molecule has 98 valence electrons. The maximum atomic E-state index is 12.2. The summed E-state index contributed by atoms with van der Waals surface area (Å²) in [6.07, 6.45) is 2.43. The van der Waals surface area contributed by atoms with Gasteiger partial charge >= 0.3 is 5.97 Å². The fourth-order valence-electron chi connectivity index (χ4n) is 2.16. The van der Waals surface area contributed by atoms with Gasteiger partial charge in [0, 0.05) is 12.6 Å². The molecule has 1 aliphatic heterocycles. The van der Waals surface area contributed by atoms with Crippen molar-refractivity contribution < 1.29 is 18.8 Å². The van der Waals surface area contributed by atoms with Crippen LogP contribution in [-0.2, 0) is 9.53 Å². The van der Waals surface area contributed by atoms with E-state index in [1.807, 2.05) is 0 Å². The van der Waals surface area contributed by atoms with Crippen LogP contribution in [0.2, 0.25) is 0 Å². The van der Waals surface area contributed by atoms with E-state index in [0.717, 1.165) is 12.8 Å². The number of carbonyl (C=O) groups excluding carboxylic acids is 2. The maximum Gasteiger partial charge on any atom is 0.328 e. The number of hydrogen-bond donors (Lipinski definition) is 0. The summed E-state index contributed by atoms with van der Waals surface area (Å²) in [7, 11) is 1.33. The number of aromatic nitrogens is 1. The lowest BCUT2D eigenvalue weighted by Crippen LogP contribution is -2.48. The summed E-state index contributed by atoms with van der Waals surface area (Å²) < 4.78 is 9.68. The molecule has 2 heterocycles. The van der Waals surface area contributed by atoms with Crippen molar-refractivity contribution in [3.05, 3.63) is 17.5 Å². The molecule has 1 fully saturated rings. The Hall–Kier alpha value is -1.85. The van der Waals surface area contributed by atoms with E-state index in [2.05, 4.69) is 5.16 Å². The van der Waals surface area contributed by atoms with Gasteiger partial charge in [-0.3, -0.25) is 4.79 Å². The minimum Gasteiger partial charge on any atom is -0.467 e. The molecule has 1 aromatic rings. The molecule has 1 saturated heterocycles. The van der Waals surface area contributed by atoms with Gasteiger partial charge in [0.25, 0.3) is 5.91 Å². The van der Waals surface area contributed by atoms with E-state index < -0.39 is 6.04 Å². The van der Waals surface area contributed by atoms with E-state index in [1.54, 1.807) is 13.0 Å². The highest BCUT2D eigenvalue weighted by Crippen LogP contribution is 2.20. The van der Waals surface area contributed by atoms with Crippen LogP contribution in [0.1, 0.15) is 35.5 Å². The first kappa shape index (κ1) is 12.6. The summed E-state index contributed by atoms with van der Waals surface area (Å²) in [4.78, 5) is 25.4. The van der Waals surface area contributed by atoms with Gasteiger partial charge in [-0.05, 0) is 26.2 Å². The minimum atomic E-state index is -0.512. The third kappa shape index (κ3) is 2.37. The lowest BCUT2D eigenvalue weighted by molar-refractivity contribution is -0.147. The van der Waals surface area contributed by atoms with Crippen LogP contribution >= 0.6 is 0 Å². The maximum absolute atomic E-state index is 12.2. The van der Waals surface area contributed by atoms with Gasteiger partial charge in [-0.1, -0.05) is 5.16 Å². The fraction of sp³-hybridized carbons (Fsp3) is 0.583. The van der Waals surface area contributed by atoms with E-state index in [9.17, 15) is 9.59 Å². The van der Waals surface area contributed by atoms with Crippen LogP contribution in [0.15, 0.2) is 10.6 Å². The predicted octanol–water partition coefficient (Wildman–Crippen LogP) is 1.15. The lowest BCUT2D eigenvalue weighted by atomic mass is 10.0. The molecule has 1 unspecified atom stereocenters. The highest BCUT2D eigenvalue weighted by Gasteiger charge is 2.34. The highest BCUT2D eigenvalue weighted by molar-refractivity contribution is 5.94. The summed E-state index contributed by atoms with van der Waals surface area (Å²) >= 11 is 0. The Labute approximate surface area is 105 Å². The Bertz CT molecular complexity index is 455. The number of methoxy groups -OCH3 is 1. The number of nitrogens with zero attached hydrogens (tertiary/aromatic N) is 2. The van der Waals surface area contributed by atoms with Crippen LogP contribution in [0.25, 0.3) is 0 Å². The fourth-order valence-corrected chi connectivity index (χ4v) is 2.16. The smallest absolute Gasteiger partial charge is 0.328 e. The molecule has 2 rings (SSSR count). The van der Waals surface area contributed by atoms with Crippen molar-refractivity contribution in [3.63, 3.8) is 0 Å². The largest absolute Gasteiger partial charge is 0.467 e. The zero-order valence-corrected chi connectivity index (χ0v) is 10.5. The molecular formula is C12H16N2O4. The normalized spacial score (nSPS) is 19.7. The van der Waals surface area contributed by atoms with Gasteiger partial charge in [0.1, 0.15) is 6.04 Å². The molecule has 0 saturated carbocycles. The molecule has 6 nitrogen and oxygen atoms in total. The van der Waals surface area contributed by atoms with Crippen LogP contribution in [0.5, 0.6) is 0 Å². The predicted molar refractivity (Wildman–Crippen MR) is 61.9 cm³/mol. The minimum absolute atomic E-state index is 0.170. The van der Waals surface area contributed by atoms with Gasteiger partial charge in [-0.2, -0.15) is 0 Å². The van der Waals surface area contributed by atoms with Gasteiger partial charge in [0.05, 0.1) is 12.8 Å². The van der Waals surface area contributed by atoms with Crippen LogP contribution in [0.4, 0.5) is 0 Å². The molecule has 0 aromatic carbocycles. The van der Waals surface area contributed by atoms with Crippen LogP contribution in [0, 0.1) is 6.92 Å². The highest BCUT2D eigenvalue weighted by atomic mass is 16.5. The molecule has 1 aromatic heterocycles. The number of amides is 1. The van der Waals surface area contributed by atoms with E-state index >= 15 is 0 Å². The van der Waals surface area contributed by atoms with Gasteiger partial charge in [-0.25, -0.2) is 4.79 Å². The summed E-state index contributed by atoms with van der Waals surface area (Å²) in [6, 6.07) is 1.06. The van der Waals surface area contributed by atoms with E-state index in [1.165, 1.54) is 12.0 Å².